The van der Waals surface area contributed by atoms with Crippen LogP contribution < -0.4 is 4.72 Å². The predicted octanol–water partition coefficient (Wildman–Crippen LogP) is 4.05. The van der Waals surface area contributed by atoms with Gasteiger partial charge in [-0.3, -0.25) is 4.72 Å². The van der Waals surface area contributed by atoms with Crippen molar-refractivity contribution in [2.75, 3.05) is 4.72 Å². The van der Waals surface area contributed by atoms with Crippen molar-refractivity contribution in [1.82, 2.24) is 9.78 Å². The molecule has 1 N–H and O–H groups in total. The van der Waals surface area contributed by atoms with E-state index in [0.717, 1.165) is 11.1 Å². The lowest BCUT2D eigenvalue weighted by Gasteiger charge is -2.12. The second kappa shape index (κ2) is 6.57. The number of halogens is 1. The van der Waals surface area contributed by atoms with Gasteiger partial charge < -0.3 is 0 Å². The molecule has 3 rings (SSSR count). The fraction of sp³-hybridized carbons (Fsp3) is 0.211. The Hall–Kier alpha value is -2.67. The molecular formula is C19H20FN3O2S. The van der Waals surface area contributed by atoms with Gasteiger partial charge in [-0.1, -0.05) is 12.1 Å². The second-order valence-electron chi connectivity index (χ2n) is 6.31. The summed E-state index contributed by atoms with van der Waals surface area (Å²) in [6.45, 7) is 7.07. The van der Waals surface area contributed by atoms with Crippen LogP contribution in [0.1, 0.15) is 22.5 Å². The first-order valence-corrected chi connectivity index (χ1v) is 9.59. The third-order valence-electron chi connectivity index (χ3n) is 4.20. The molecule has 0 bridgehead atoms. The van der Waals surface area contributed by atoms with E-state index < -0.39 is 10.0 Å². The van der Waals surface area contributed by atoms with Crippen molar-refractivity contribution >= 4 is 15.7 Å². The van der Waals surface area contributed by atoms with E-state index in [1.54, 1.807) is 32.0 Å². The number of rotatable bonds is 4. The fourth-order valence-corrected chi connectivity index (χ4v) is 4.41. The van der Waals surface area contributed by atoms with Crippen LogP contribution in [0.25, 0.3) is 5.69 Å². The molecule has 2 aromatic carbocycles. The summed E-state index contributed by atoms with van der Waals surface area (Å²) in [7, 11) is -3.82. The van der Waals surface area contributed by atoms with Crippen molar-refractivity contribution in [1.29, 1.82) is 0 Å². The van der Waals surface area contributed by atoms with E-state index in [4.69, 9.17) is 0 Å². The highest BCUT2D eigenvalue weighted by Gasteiger charge is 2.25. The van der Waals surface area contributed by atoms with Gasteiger partial charge in [0.25, 0.3) is 10.0 Å². The zero-order valence-electron chi connectivity index (χ0n) is 15.0. The average Bonchev–Trinajstić information content (AvgIpc) is 2.87. The Labute approximate surface area is 152 Å². The molecule has 0 amide bonds. The van der Waals surface area contributed by atoms with E-state index in [0.29, 0.717) is 22.8 Å². The zero-order valence-corrected chi connectivity index (χ0v) is 15.9. The Morgan fingerprint density at radius 2 is 1.65 bits per heavy atom. The molecule has 136 valence electrons. The molecule has 0 aliphatic heterocycles. The fourth-order valence-electron chi connectivity index (χ4n) is 2.89. The van der Waals surface area contributed by atoms with Crippen LogP contribution >= 0.6 is 0 Å². The van der Waals surface area contributed by atoms with Crippen LogP contribution in [0.5, 0.6) is 0 Å². The van der Waals surface area contributed by atoms with Crippen molar-refractivity contribution < 1.29 is 12.8 Å². The van der Waals surface area contributed by atoms with E-state index in [1.807, 2.05) is 26.0 Å². The van der Waals surface area contributed by atoms with Crippen molar-refractivity contribution in [2.24, 2.45) is 0 Å². The number of aryl methyl sites for hydroxylation is 3. The summed E-state index contributed by atoms with van der Waals surface area (Å²) >= 11 is 0. The number of hydrogen-bond donors (Lipinski definition) is 1. The minimum absolute atomic E-state index is 0.128. The van der Waals surface area contributed by atoms with Crippen molar-refractivity contribution in [3.8, 4) is 5.69 Å². The molecule has 3 aromatic rings. The van der Waals surface area contributed by atoms with Crippen LogP contribution in [0.3, 0.4) is 0 Å². The second-order valence-corrected chi connectivity index (χ2v) is 7.93. The number of benzene rings is 2. The highest BCUT2D eigenvalue weighted by molar-refractivity contribution is 7.92. The summed E-state index contributed by atoms with van der Waals surface area (Å²) in [6.07, 6.45) is 0. The molecule has 0 saturated heterocycles. The SMILES string of the molecule is Cc1ccc(C)c(NS(=O)(=O)c2c(C)nn(-c3ccc(F)cc3)c2C)c1. The largest absolute Gasteiger partial charge is 0.279 e. The van der Waals surface area contributed by atoms with E-state index in [9.17, 15) is 12.8 Å². The molecule has 5 nitrogen and oxygen atoms in total. The number of nitrogens with zero attached hydrogens (tertiary/aromatic N) is 2. The van der Waals surface area contributed by atoms with Crippen LogP contribution in [0.15, 0.2) is 47.4 Å². The Bertz CT molecular complexity index is 1070. The summed E-state index contributed by atoms with van der Waals surface area (Å²) in [4.78, 5) is 0.128. The van der Waals surface area contributed by atoms with Crippen LogP contribution in [-0.4, -0.2) is 18.2 Å². The van der Waals surface area contributed by atoms with Crippen molar-refractivity contribution in [2.45, 2.75) is 32.6 Å². The monoisotopic (exact) mass is 373 g/mol. The van der Waals surface area contributed by atoms with Crippen LogP contribution in [-0.2, 0) is 10.0 Å². The molecule has 0 spiro atoms. The van der Waals surface area contributed by atoms with Crippen molar-refractivity contribution in [3.05, 3.63) is 70.8 Å². The number of sulfonamides is 1. The standard InChI is InChI=1S/C19H20FN3O2S/c1-12-5-6-13(2)18(11-12)22-26(24,25)19-14(3)21-23(15(19)4)17-9-7-16(20)8-10-17/h5-11,22H,1-4H3. The Morgan fingerprint density at radius 3 is 2.31 bits per heavy atom. The van der Waals surface area contributed by atoms with Gasteiger partial charge in [-0.2, -0.15) is 5.10 Å². The molecule has 0 fully saturated rings. The van der Waals surface area contributed by atoms with Gasteiger partial charge in [0, 0.05) is 0 Å². The van der Waals surface area contributed by atoms with Gasteiger partial charge in [0.2, 0.25) is 0 Å². The summed E-state index contributed by atoms with van der Waals surface area (Å²) in [5.74, 6) is -0.361. The molecular weight excluding hydrogens is 353 g/mol. The quantitative estimate of drug-likeness (QED) is 0.750. The third kappa shape index (κ3) is 3.35. The Morgan fingerprint density at radius 1 is 1.00 bits per heavy atom. The number of hydrogen-bond acceptors (Lipinski definition) is 3. The highest BCUT2D eigenvalue weighted by atomic mass is 32.2. The molecule has 0 atom stereocenters. The summed E-state index contributed by atoms with van der Waals surface area (Å²) < 4.78 is 43.3. The van der Waals surface area contributed by atoms with E-state index in [2.05, 4.69) is 9.82 Å². The molecule has 7 heteroatoms. The lowest BCUT2D eigenvalue weighted by atomic mass is 10.1. The molecule has 0 aliphatic carbocycles. The first-order chi connectivity index (χ1) is 12.2. The number of aromatic nitrogens is 2. The molecule has 0 saturated carbocycles. The summed E-state index contributed by atoms with van der Waals surface area (Å²) in [5.41, 5.74) is 3.78. The lowest BCUT2D eigenvalue weighted by Crippen LogP contribution is -2.15. The van der Waals surface area contributed by atoms with Crippen molar-refractivity contribution in [3.63, 3.8) is 0 Å². The summed E-state index contributed by atoms with van der Waals surface area (Å²) in [6, 6.07) is 11.3. The van der Waals surface area contributed by atoms with Crippen LogP contribution in [0.2, 0.25) is 0 Å². The topological polar surface area (TPSA) is 64.0 Å². The summed E-state index contributed by atoms with van der Waals surface area (Å²) in [5, 5.41) is 4.33. The first kappa shape index (κ1) is 18.1. The highest BCUT2D eigenvalue weighted by Crippen LogP contribution is 2.26. The Balaban J connectivity index is 2.06. The molecule has 1 heterocycles. The van der Waals surface area contributed by atoms with Gasteiger partial charge in [0.15, 0.2) is 0 Å². The normalized spacial score (nSPS) is 11.6. The zero-order chi connectivity index (χ0) is 19.1. The molecule has 26 heavy (non-hydrogen) atoms. The van der Waals surface area contributed by atoms with Gasteiger partial charge in [0.1, 0.15) is 10.7 Å². The molecule has 1 aromatic heterocycles. The maximum absolute atomic E-state index is 13.2. The van der Waals surface area contributed by atoms with E-state index in [1.165, 1.54) is 16.8 Å². The van der Waals surface area contributed by atoms with E-state index in [-0.39, 0.29) is 10.7 Å². The minimum atomic E-state index is -3.82. The van der Waals surface area contributed by atoms with Crippen LogP contribution in [0, 0.1) is 33.5 Å². The number of nitrogens with one attached hydrogen (secondary N) is 1. The smallest absolute Gasteiger partial charge is 0.265 e. The lowest BCUT2D eigenvalue weighted by molar-refractivity contribution is 0.600. The number of anilines is 1. The Kier molecular flexibility index (Phi) is 4.58. The van der Waals surface area contributed by atoms with Crippen LogP contribution in [0.4, 0.5) is 10.1 Å². The maximum Gasteiger partial charge on any atom is 0.265 e. The predicted molar refractivity (Wildman–Crippen MR) is 99.7 cm³/mol. The van der Waals surface area contributed by atoms with Gasteiger partial charge in [0.05, 0.1) is 22.8 Å². The average molecular weight is 373 g/mol. The maximum atomic E-state index is 13.2. The van der Waals surface area contributed by atoms with Gasteiger partial charge in [-0.15, -0.1) is 0 Å². The third-order valence-corrected chi connectivity index (χ3v) is 5.82. The molecule has 0 unspecified atom stereocenters. The molecule has 0 aliphatic rings. The van der Waals surface area contributed by atoms with Gasteiger partial charge >= 0.3 is 0 Å². The molecule has 0 radical (unpaired) electrons. The minimum Gasteiger partial charge on any atom is -0.279 e. The van der Waals surface area contributed by atoms with Gasteiger partial charge in [-0.05, 0) is 69.2 Å². The van der Waals surface area contributed by atoms with E-state index >= 15 is 0 Å². The van der Waals surface area contributed by atoms with Gasteiger partial charge in [-0.25, -0.2) is 17.5 Å². The first-order valence-electron chi connectivity index (χ1n) is 8.11.